The molecule has 0 bridgehead atoms. The lowest BCUT2D eigenvalue weighted by Gasteiger charge is -2.15. The Morgan fingerprint density at radius 1 is 1.29 bits per heavy atom. The first-order valence-electron chi connectivity index (χ1n) is 8.26. The largest absolute Gasteiger partial charge is 0.423 e. The average Bonchev–Trinajstić information content (AvgIpc) is 2.82. The second-order valence-corrected chi connectivity index (χ2v) is 9.16. The maximum atomic E-state index is 11.8. The summed E-state index contributed by atoms with van der Waals surface area (Å²) in [6.45, 7) is 6.75. The van der Waals surface area contributed by atoms with Crippen LogP contribution >= 0.6 is 0 Å². The Morgan fingerprint density at radius 3 is 2.67 bits per heavy atom. The van der Waals surface area contributed by atoms with E-state index in [1.54, 1.807) is 0 Å². The van der Waals surface area contributed by atoms with E-state index in [9.17, 15) is 13.2 Å². The maximum absolute atomic E-state index is 11.8. The first-order chi connectivity index (χ1) is 11.2. The number of nitrogens with one attached hydrogen (secondary N) is 1. The fourth-order valence-electron chi connectivity index (χ4n) is 3.37. The molecule has 1 fully saturated rings. The number of rotatable bonds is 4. The summed E-state index contributed by atoms with van der Waals surface area (Å²) in [6, 6.07) is 5.45. The molecule has 1 aromatic heterocycles. The van der Waals surface area contributed by atoms with Crippen molar-refractivity contribution in [1.82, 2.24) is 5.32 Å². The smallest absolute Gasteiger partial charge is 0.336 e. The standard InChI is InChI=1S/C18H23NO4S/c1-11(2)15-8-16-13(7-18(20)23-17(16)6-12(15)3)9-19-14-4-5-24(21,22)10-14/h6-8,11,14,19H,4-5,9-10H2,1-3H3/t14-/m0/s1. The summed E-state index contributed by atoms with van der Waals surface area (Å²) in [6.07, 6.45) is 0.623. The van der Waals surface area contributed by atoms with Crippen LogP contribution in [0.15, 0.2) is 27.4 Å². The Balaban J connectivity index is 1.94. The van der Waals surface area contributed by atoms with E-state index in [0.29, 0.717) is 24.5 Å². The topological polar surface area (TPSA) is 76.4 Å². The van der Waals surface area contributed by atoms with E-state index in [-0.39, 0.29) is 23.2 Å². The summed E-state index contributed by atoms with van der Waals surface area (Å²) in [5.74, 6) is 0.781. The third kappa shape index (κ3) is 3.54. The lowest BCUT2D eigenvalue weighted by molar-refractivity contribution is 0.540. The molecule has 1 atom stereocenters. The van der Waals surface area contributed by atoms with Gasteiger partial charge in [0.15, 0.2) is 9.84 Å². The molecule has 0 saturated carbocycles. The van der Waals surface area contributed by atoms with Crippen molar-refractivity contribution in [2.45, 2.75) is 45.7 Å². The fourth-order valence-corrected chi connectivity index (χ4v) is 5.08. The molecule has 1 aromatic carbocycles. The summed E-state index contributed by atoms with van der Waals surface area (Å²) in [5, 5.41) is 4.19. The minimum atomic E-state index is -2.92. The van der Waals surface area contributed by atoms with Gasteiger partial charge in [-0.2, -0.15) is 0 Å². The van der Waals surface area contributed by atoms with Gasteiger partial charge in [-0.3, -0.25) is 0 Å². The third-order valence-electron chi connectivity index (χ3n) is 4.65. The van der Waals surface area contributed by atoms with Crippen molar-refractivity contribution in [3.8, 4) is 0 Å². The van der Waals surface area contributed by atoms with Crippen LogP contribution in [0.3, 0.4) is 0 Å². The van der Waals surface area contributed by atoms with Gasteiger partial charge in [0, 0.05) is 24.0 Å². The van der Waals surface area contributed by atoms with E-state index in [0.717, 1.165) is 16.5 Å². The Labute approximate surface area is 142 Å². The Bertz CT molecular complexity index is 928. The summed E-state index contributed by atoms with van der Waals surface area (Å²) in [5.41, 5.74) is 3.39. The number of aryl methyl sites for hydroxylation is 1. The highest BCUT2D eigenvalue weighted by atomic mass is 32.2. The zero-order valence-electron chi connectivity index (χ0n) is 14.3. The van der Waals surface area contributed by atoms with Crippen LogP contribution in [0.25, 0.3) is 11.0 Å². The highest BCUT2D eigenvalue weighted by molar-refractivity contribution is 7.91. The molecule has 0 unspecified atom stereocenters. The Hall–Kier alpha value is -1.66. The van der Waals surface area contributed by atoms with Crippen LogP contribution < -0.4 is 10.9 Å². The maximum Gasteiger partial charge on any atom is 0.336 e. The van der Waals surface area contributed by atoms with E-state index in [1.807, 2.05) is 13.0 Å². The summed E-state index contributed by atoms with van der Waals surface area (Å²) in [4.78, 5) is 11.8. The molecule has 1 aliphatic rings. The molecule has 0 aliphatic carbocycles. The van der Waals surface area contributed by atoms with E-state index in [1.165, 1.54) is 11.6 Å². The minimum Gasteiger partial charge on any atom is -0.423 e. The van der Waals surface area contributed by atoms with E-state index in [2.05, 4.69) is 25.2 Å². The normalized spacial score (nSPS) is 20.1. The van der Waals surface area contributed by atoms with Crippen LogP contribution in [0.1, 0.15) is 42.9 Å². The average molecular weight is 349 g/mol. The van der Waals surface area contributed by atoms with E-state index in [4.69, 9.17) is 4.42 Å². The molecule has 2 aromatic rings. The van der Waals surface area contributed by atoms with Gasteiger partial charge in [-0.05, 0) is 48.1 Å². The molecule has 0 spiro atoms. The SMILES string of the molecule is Cc1cc2oc(=O)cc(CN[C@H]3CCS(=O)(=O)C3)c2cc1C(C)C. The van der Waals surface area contributed by atoms with Gasteiger partial charge in [-0.25, -0.2) is 13.2 Å². The van der Waals surface area contributed by atoms with E-state index < -0.39 is 9.84 Å². The summed E-state index contributed by atoms with van der Waals surface area (Å²) >= 11 is 0. The second kappa shape index (κ2) is 6.33. The number of sulfone groups is 1. The second-order valence-electron chi connectivity index (χ2n) is 6.93. The molecule has 2 heterocycles. The number of fused-ring (bicyclic) bond motifs is 1. The van der Waals surface area contributed by atoms with Crippen LogP contribution in [0.2, 0.25) is 0 Å². The lowest BCUT2D eigenvalue weighted by atomic mass is 9.95. The number of hydrogen-bond donors (Lipinski definition) is 1. The highest BCUT2D eigenvalue weighted by Gasteiger charge is 2.27. The van der Waals surface area contributed by atoms with Crippen molar-refractivity contribution in [3.05, 3.63) is 45.3 Å². The quantitative estimate of drug-likeness (QED) is 0.858. The molecule has 1 N–H and O–H groups in total. The molecular formula is C18H23NO4S. The lowest BCUT2D eigenvalue weighted by Crippen LogP contribution is -2.29. The molecule has 1 saturated heterocycles. The van der Waals surface area contributed by atoms with Gasteiger partial charge in [0.2, 0.25) is 0 Å². The van der Waals surface area contributed by atoms with Crippen molar-refractivity contribution in [2.24, 2.45) is 0 Å². The van der Waals surface area contributed by atoms with Gasteiger partial charge in [-0.15, -0.1) is 0 Å². The molecule has 6 heteroatoms. The molecule has 3 rings (SSSR count). The van der Waals surface area contributed by atoms with Gasteiger partial charge < -0.3 is 9.73 Å². The monoisotopic (exact) mass is 349 g/mol. The van der Waals surface area contributed by atoms with Crippen LogP contribution in [0.4, 0.5) is 0 Å². The predicted octanol–water partition coefficient (Wildman–Crippen LogP) is 2.50. The van der Waals surface area contributed by atoms with Gasteiger partial charge in [0.05, 0.1) is 11.5 Å². The van der Waals surface area contributed by atoms with Crippen molar-refractivity contribution < 1.29 is 12.8 Å². The summed E-state index contributed by atoms with van der Waals surface area (Å²) < 4.78 is 28.5. The molecule has 24 heavy (non-hydrogen) atoms. The Morgan fingerprint density at radius 2 is 2.04 bits per heavy atom. The van der Waals surface area contributed by atoms with Crippen LogP contribution in [0, 0.1) is 6.92 Å². The van der Waals surface area contributed by atoms with Gasteiger partial charge in [-0.1, -0.05) is 13.8 Å². The molecule has 1 aliphatic heterocycles. The zero-order chi connectivity index (χ0) is 17.5. The zero-order valence-corrected chi connectivity index (χ0v) is 15.1. The first kappa shape index (κ1) is 17.2. The predicted molar refractivity (Wildman–Crippen MR) is 95.2 cm³/mol. The third-order valence-corrected chi connectivity index (χ3v) is 6.42. The Kier molecular flexibility index (Phi) is 4.53. The van der Waals surface area contributed by atoms with E-state index >= 15 is 0 Å². The van der Waals surface area contributed by atoms with Crippen molar-refractivity contribution in [2.75, 3.05) is 11.5 Å². The first-order valence-corrected chi connectivity index (χ1v) is 10.1. The molecular weight excluding hydrogens is 326 g/mol. The fraction of sp³-hybridized carbons (Fsp3) is 0.500. The van der Waals surface area contributed by atoms with Crippen molar-refractivity contribution in [3.63, 3.8) is 0 Å². The molecule has 0 amide bonds. The van der Waals surface area contributed by atoms with Crippen molar-refractivity contribution in [1.29, 1.82) is 0 Å². The van der Waals surface area contributed by atoms with Crippen LogP contribution in [0.5, 0.6) is 0 Å². The van der Waals surface area contributed by atoms with Gasteiger partial charge in [0.1, 0.15) is 5.58 Å². The highest BCUT2D eigenvalue weighted by Crippen LogP contribution is 2.27. The number of hydrogen-bond acceptors (Lipinski definition) is 5. The number of benzene rings is 1. The van der Waals surface area contributed by atoms with Crippen LogP contribution in [-0.4, -0.2) is 26.0 Å². The minimum absolute atomic E-state index is 0.0488. The molecule has 130 valence electrons. The molecule has 0 radical (unpaired) electrons. The molecule has 5 nitrogen and oxygen atoms in total. The van der Waals surface area contributed by atoms with Crippen molar-refractivity contribution >= 4 is 20.8 Å². The summed E-state index contributed by atoms with van der Waals surface area (Å²) in [7, 11) is -2.92. The van der Waals surface area contributed by atoms with Gasteiger partial charge >= 0.3 is 5.63 Å². The van der Waals surface area contributed by atoms with Crippen LogP contribution in [-0.2, 0) is 16.4 Å². The van der Waals surface area contributed by atoms with Gasteiger partial charge in [0.25, 0.3) is 0 Å².